The number of hydrogen-bond acceptors (Lipinski definition) is 4. The summed E-state index contributed by atoms with van der Waals surface area (Å²) in [7, 11) is -2.81. The molecule has 1 N–H and O–H groups in total. The van der Waals surface area contributed by atoms with Crippen molar-refractivity contribution in [3.8, 4) is 5.75 Å². The van der Waals surface area contributed by atoms with Crippen LogP contribution in [0, 0.1) is 6.92 Å². The summed E-state index contributed by atoms with van der Waals surface area (Å²) in [6.45, 7) is 1.17. The Balaban J connectivity index is 1.90. The number of nitrogens with zero attached hydrogens (tertiary/aromatic N) is 1. The number of anilines is 1. The summed E-state index contributed by atoms with van der Waals surface area (Å²) in [5, 5.41) is 2.61. The van der Waals surface area contributed by atoms with Crippen molar-refractivity contribution in [2.45, 2.75) is 24.5 Å². The SMILES string of the molecule is COc1ccc(CNC(=O)CN(c2cccc(C(F)(F)F)c2)S(=O)(=O)c2ccc(C)cc2)cc1. The number of rotatable bonds is 8. The first-order valence-electron chi connectivity index (χ1n) is 10.2. The average molecular weight is 493 g/mol. The second-order valence-corrected chi connectivity index (χ2v) is 9.36. The zero-order valence-electron chi connectivity index (χ0n) is 18.5. The van der Waals surface area contributed by atoms with E-state index in [1.165, 1.54) is 25.3 Å². The van der Waals surface area contributed by atoms with E-state index in [2.05, 4.69) is 5.32 Å². The quantitative estimate of drug-likeness (QED) is 0.501. The molecule has 3 aromatic carbocycles. The molecule has 0 aliphatic carbocycles. The van der Waals surface area contributed by atoms with Crippen LogP contribution < -0.4 is 14.4 Å². The van der Waals surface area contributed by atoms with E-state index >= 15 is 0 Å². The number of sulfonamides is 1. The Morgan fingerprint density at radius 3 is 2.24 bits per heavy atom. The van der Waals surface area contributed by atoms with E-state index in [4.69, 9.17) is 4.74 Å². The highest BCUT2D eigenvalue weighted by atomic mass is 32.2. The van der Waals surface area contributed by atoms with Crippen LogP contribution in [-0.4, -0.2) is 28.0 Å². The minimum absolute atomic E-state index is 0.101. The van der Waals surface area contributed by atoms with Crippen molar-refractivity contribution in [3.63, 3.8) is 0 Å². The van der Waals surface area contributed by atoms with Crippen LogP contribution in [0.25, 0.3) is 0 Å². The van der Waals surface area contributed by atoms with Crippen LogP contribution in [-0.2, 0) is 27.5 Å². The fourth-order valence-corrected chi connectivity index (χ4v) is 4.53. The van der Waals surface area contributed by atoms with E-state index in [-0.39, 0.29) is 17.1 Å². The third-order valence-corrected chi connectivity index (χ3v) is 6.79. The van der Waals surface area contributed by atoms with Gasteiger partial charge in [-0.2, -0.15) is 13.2 Å². The molecule has 10 heteroatoms. The number of benzene rings is 3. The molecule has 34 heavy (non-hydrogen) atoms. The van der Waals surface area contributed by atoms with E-state index in [1.807, 2.05) is 0 Å². The smallest absolute Gasteiger partial charge is 0.416 e. The number of nitrogens with one attached hydrogen (secondary N) is 1. The van der Waals surface area contributed by atoms with Crippen LogP contribution in [0.3, 0.4) is 0 Å². The van der Waals surface area contributed by atoms with Crippen LogP contribution in [0.2, 0.25) is 0 Å². The van der Waals surface area contributed by atoms with Gasteiger partial charge in [0.25, 0.3) is 10.0 Å². The number of methoxy groups -OCH3 is 1. The van der Waals surface area contributed by atoms with Gasteiger partial charge in [-0.25, -0.2) is 8.42 Å². The topological polar surface area (TPSA) is 75.7 Å². The summed E-state index contributed by atoms with van der Waals surface area (Å²) >= 11 is 0. The number of ether oxygens (including phenoxy) is 1. The van der Waals surface area contributed by atoms with Crippen molar-refractivity contribution in [3.05, 3.63) is 89.5 Å². The highest BCUT2D eigenvalue weighted by Gasteiger charge is 2.33. The first-order valence-corrected chi connectivity index (χ1v) is 11.6. The zero-order chi connectivity index (χ0) is 24.9. The number of carbonyl (C=O) groups excluding carboxylic acids is 1. The molecule has 0 radical (unpaired) electrons. The van der Waals surface area contributed by atoms with Crippen molar-refractivity contribution in [2.24, 2.45) is 0 Å². The van der Waals surface area contributed by atoms with Crippen LogP contribution in [0.5, 0.6) is 5.75 Å². The lowest BCUT2D eigenvalue weighted by Crippen LogP contribution is -2.40. The predicted molar refractivity (Wildman–Crippen MR) is 122 cm³/mol. The Morgan fingerprint density at radius 1 is 1.00 bits per heavy atom. The van der Waals surface area contributed by atoms with Crippen molar-refractivity contribution in [1.29, 1.82) is 0 Å². The Labute approximate surface area is 196 Å². The standard InChI is InChI=1S/C24H23F3N2O4S/c1-17-6-12-22(13-7-17)34(31,32)29(20-5-3-4-19(14-20)24(25,26)27)16-23(30)28-15-18-8-10-21(33-2)11-9-18/h3-14H,15-16H2,1-2H3,(H,28,30). The van der Waals surface area contributed by atoms with Gasteiger partial charge in [0.15, 0.2) is 0 Å². The number of amides is 1. The number of alkyl halides is 3. The van der Waals surface area contributed by atoms with Gasteiger partial charge in [-0.1, -0.05) is 35.9 Å². The molecule has 0 fully saturated rings. The van der Waals surface area contributed by atoms with Gasteiger partial charge in [-0.3, -0.25) is 9.10 Å². The molecule has 0 aliphatic heterocycles. The second-order valence-electron chi connectivity index (χ2n) is 7.50. The van der Waals surface area contributed by atoms with Gasteiger partial charge in [-0.15, -0.1) is 0 Å². The summed E-state index contributed by atoms with van der Waals surface area (Å²) in [5.74, 6) is -0.0427. The molecule has 0 aliphatic rings. The van der Waals surface area contributed by atoms with Gasteiger partial charge >= 0.3 is 6.18 Å². The summed E-state index contributed by atoms with van der Waals surface area (Å²) in [6.07, 6.45) is -4.67. The fraction of sp³-hybridized carbons (Fsp3) is 0.208. The maximum atomic E-state index is 13.3. The molecular weight excluding hydrogens is 469 g/mol. The number of hydrogen-bond donors (Lipinski definition) is 1. The number of aryl methyl sites for hydroxylation is 1. The third kappa shape index (κ3) is 6.07. The monoisotopic (exact) mass is 492 g/mol. The van der Waals surface area contributed by atoms with Crippen molar-refractivity contribution in [2.75, 3.05) is 18.0 Å². The lowest BCUT2D eigenvalue weighted by molar-refractivity contribution is -0.137. The van der Waals surface area contributed by atoms with E-state index in [0.29, 0.717) is 16.1 Å². The molecule has 0 saturated heterocycles. The first kappa shape index (κ1) is 25.1. The zero-order valence-corrected chi connectivity index (χ0v) is 19.3. The van der Waals surface area contributed by atoms with E-state index in [0.717, 1.165) is 23.3 Å². The maximum Gasteiger partial charge on any atom is 0.416 e. The predicted octanol–water partition coefficient (Wildman–Crippen LogP) is 4.53. The first-order chi connectivity index (χ1) is 16.0. The molecule has 0 saturated carbocycles. The molecule has 0 spiro atoms. The van der Waals surface area contributed by atoms with Crippen LogP contribution >= 0.6 is 0 Å². The summed E-state index contributed by atoms with van der Waals surface area (Å²) in [5.41, 5.74) is 0.255. The Bertz CT molecular complexity index is 1240. The molecule has 0 bridgehead atoms. The fourth-order valence-electron chi connectivity index (χ4n) is 3.12. The van der Waals surface area contributed by atoms with Crippen molar-refractivity contribution in [1.82, 2.24) is 5.32 Å². The molecular formula is C24H23F3N2O4S. The molecule has 0 unspecified atom stereocenters. The van der Waals surface area contributed by atoms with Gasteiger partial charge in [0, 0.05) is 6.54 Å². The minimum atomic E-state index is -4.67. The summed E-state index contributed by atoms with van der Waals surface area (Å²) < 4.78 is 72.2. The van der Waals surface area contributed by atoms with E-state index < -0.39 is 34.2 Å². The Morgan fingerprint density at radius 2 is 1.65 bits per heavy atom. The lowest BCUT2D eigenvalue weighted by Gasteiger charge is -2.25. The molecule has 3 rings (SSSR count). The number of carbonyl (C=O) groups is 1. The Hall–Kier alpha value is -3.53. The minimum Gasteiger partial charge on any atom is -0.497 e. The average Bonchev–Trinajstić information content (AvgIpc) is 2.81. The molecule has 0 aromatic heterocycles. The normalized spacial score (nSPS) is 11.7. The van der Waals surface area contributed by atoms with E-state index in [1.54, 1.807) is 43.3 Å². The third-order valence-electron chi connectivity index (χ3n) is 5.01. The van der Waals surface area contributed by atoms with Gasteiger partial charge in [0.2, 0.25) is 5.91 Å². The van der Waals surface area contributed by atoms with Crippen LogP contribution in [0.4, 0.5) is 18.9 Å². The van der Waals surface area contributed by atoms with Gasteiger partial charge in [0.05, 0.1) is 23.3 Å². The molecule has 6 nitrogen and oxygen atoms in total. The molecule has 180 valence electrons. The van der Waals surface area contributed by atoms with E-state index in [9.17, 15) is 26.4 Å². The van der Waals surface area contributed by atoms with Gasteiger partial charge in [0.1, 0.15) is 12.3 Å². The molecule has 0 atom stereocenters. The van der Waals surface area contributed by atoms with Gasteiger partial charge < -0.3 is 10.1 Å². The second kappa shape index (κ2) is 10.2. The molecule has 3 aromatic rings. The van der Waals surface area contributed by atoms with Crippen LogP contribution in [0.15, 0.2) is 77.7 Å². The molecule has 0 heterocycles. The number of halogens is 3. The highest BCUT2D eigenvalue weighted by Crippen LogP contribution is 2.33. The summed E-state index contributed by atoms with van der Waals surface area (Å²) in [6, 6.07) is 16.6. The van der Waals surface area contributed by atoms with Crippen molar-refractivity contribution < 1.29 is 31.1 Å². The largest absolute Gasteiger partial charge is 0.497 e. The summed E-state index contributed by atoms with van der Waals surface area (Å²) in [4.78, 5) is 12.5. The maximum absolute atomic E-state index is 13.3. The van der Waals surface area contributed by atoms with Crippen LogP contribution in [0.1, 0.15) is 16.7 Å². The lowest BCUT2D eigenvalue weighted by atomic mass is 10.2. The Kier molecular flexibility index (Phi) is 7.51. The van der Waals surface area contributed by atoms with Crippen molar-refractivity contribution >= 4 is 21.6 Å². The molecule has 1 amide bonds. The highest BCUT2D eigenvalue weighted by molar-refractivity contribution is 7.92. The van der Waals surface area contributed by atoms with Gasteiger partial charge in [-0.05, 0) is 55.0 Å².